The highest BCUT2D eigenvalue weighted by molar-refractivity contribution is 6.08. The summed E-state index contributed by atoms with van der Waals surface area (Å²) >= 11 is 0. The normalized spacial score (nSPS) is 22.7. The lowest BCUT2D eigenvalue weighted by Gasteiger charge is -2.35. The Balaban J connectivity index is 1.42. The van der Waals surface area contributed by atoms with Crippen molar-refractivity contribution < 1.29 is 18.7 Å². The molecule has 1 aromatic rings. The van der Waals surface area contributed by atoms with E-state index in [2.05, 4.69) is 15.5 Å². The summed E-state index contributed by atoms with van der Waals surface area (Å²) in [6.07, 6.45) is 3.23. The monoisotopic (exact) mass is 375 g/mol. The Hall–Kier alpha value is -1.99. The summed E-state index contributed by atoms with van der Waals surface area (Å²) in [5, 5.41) is 5.95. The number of amides is 2. The number of carbonyl (C=O) groups is 2. The van der Waals surface area contributed by atoms with E-state index in [1.54, 1.807) is 12.1 Å². The predicted octanol–water partition coefficient (Wildman–Crippen LogP) is 1.37. The van der Waals surface area contributed by atoms with E-state index in [9.17, 15) is 14.0 Å². The third-order valence-corrected chi connectivity index (χ3v) is 5.73. The summed E-state index contributed by atoms with van der Waals surface area (Å²) in [4.78, 5) is 27.4. The van der Waals surface area contributed by atoms with Crippen LogP contribution in [0.2, 0.25) is 0 Å². The zero-order valence-corrected chi connectivity index (χ0v) is 15.4. The molecule has 0 aromatic heterocycles. The van der Waals surface area contributed by atoms with Crippen LogP contribution >= 0.6 is 0 Å². The minimum Gasteiger partial charge on any atom is -0.379 e. The number of hydrogen-bond acceptors (Lipinski definition) is 4. The van der Waals surface area contributed by atoms with Gasteiger partial charge >= 0.3 is 0 Å². The van der Waals surface area contributed by atoms with Crippen molar-refractivity contribution in [3.63, 3.8) is 0 Å². The molecule has 1 saturated heterocycles. The Labute approximate surface area is 158 Å². The summed E-state index contributed by atoms with van der Waals surface area (Å²) in [6.45, 7) is 3.18. The Kier molecular flexibility index (Phi) is 5.14. The van der Waals surface area contributed by atoms with E-state index in [1.165, 1.54) is 12.1 Å². The van der Waals surface area contributed by atoms with Gasteiger partial charge in [-0.2, -0.15) is 0 Å². The summed E-state index contributed by atoms with van der Waals surface area (Å²) in [5.41, 5.74) is 0.0619. The van der Waals surface area contributed by atoms with Crippen molar-refractivity contribution in [1.82, 2.24) is 15.5 Å². The standard InChI is InChI=1S/C20H26FN3O3/c21-15-3-1-14(2-4-15)17(24-9-11-27-12-10-24)13-22-18(25)20(7-8-20)19(26)23-16-5-6-16/h1-4,16-17H,5-13H2,(H,22,25)(H,23,26)/t17-/m0/s1. The molecular weight excluding hydrogens is 349 g/mol. The molecule has 3 fully saturated rings. The third-order valence-electron chi connectivity index (χ3n) is 5.73. The van der Waals surface area contributed by atoms with Gasteiger partial charge in [0, 0.05) is 25.7 Å². The van der Waals surface area contributed by atoms with Gasteiger partial charge in [-0.3, -0.25) is 14.5 Å². The zero-order chi connectivity index (χ0) is 18.9. The Morgan fingerprint density at radius 1 is 1.15 bits per heavy atom. The van der Waals surface area contributed by atoms with Crippen molar-refractivity contribution in [2.24, 2.45) is 5.41 Å². The van der Waals surface area contributed by atoms with Gasteiger partial charge in [-0.25, -0.2) is 4.39 Å². The van der Waals surface area contributed by atoms with Gasteiger partial charge in [0.05, 0.1) is 19.3 Å². The molecule has 2 aliphatic carbocycles. The zero-order valence-electron chi connectivity index (χ0n) is 15.4. The molecule has 3 aliphatic rings. The molecule has 0 unspecified atom stereocenters. The molecule has 7 heteroatoms. The van der Waals surface area contributed by atoms with E-state index < -0.39 is 5.41 Å². The molecule has 2 amide bonds. The molecule has 4 rings (SSSR count). The van der Waals surface area contributed by atoms with Crippen molar-refractivity contribution in [3.05, 3.63) is 35.6 Å². The van der Waals surface area contributed by atoms with Gasteiger partial charge in [-0.1, -0.05) is 12.1 Å². The fourth-order valence-electron chi connectivity index (χ4n) is 3.62. The lowest BCUT2D eigenvalue weighted by atomic mass is 10.0. The summed E-state index contributed by atoms with van der Waals surface area (Å²) in [7, 11) is 0. The van der Waals surface area contributed by atoms with Crippen LogP contribution in [0.4, 0.5) is 4.39 Å². The van der Waals surface area contributed by atoms with E-state index in [0.29, 0.717) is 32.6 Å². The largest absolute Gasteiger partial charge is 0.379 e. The molecule has 1 atom stereocenters. The number of rotatable bonds is 7. The fourth-order valence-corrected chi connectivity index (χ4v) is 3.62. The lowest BCUT2D eigenvalue weighted by molar-refractivity contribution is -0.137. The molecule has 146 valence electrons. The maximum atomic E-state index is 13.3. The number of benzene rings is 1. The van der Waals surface area contributed by atoms with Gasteiger partial charge in [-0.05, 0) is 43.4 Å². The van der Waals surface area contributed by atoms with Crippen molar-refractivity contribution in [2.75, 3.05) is 32.8 Å². The second-order valence-corrected chi connectivity index (χ2v) is 7.76. The molecular formula is C20H26FN3O3. The van der Waals surface area contributed by atoms with Gasteiger partial charge < -0.3 is 15.4 Å². The summed E-state index contributed by atoms with van der Waals surface area (Å²) in [5.74, 6) is -0.606. The van der Waals surface area contributed by atoms with E-state index in [4.69, 9.17) is 4.74 Å². The number of ether oxygens (including phenoxy) is 1. The molecule has 2 saturated carbocycles. The summed E-state index contributed by atoms with van der Waals surface area (Å²) in [6, 6.07) is 6.58. The predicted molar refractivity (Wildman–Crippen MR) is 97.4 cm³/mol. The first kappa shape index (κ1) is 18.4. The number of carbonyl (C=O) groups excluding carboxylic acids is 2. The number of halogens is 1. The van der Waals surface area contributed by atoms with Crippen LogP contribution in [0.1, 0.15) is 37.3 Å². The van der Waals surface area contributed by atoms with E-state index in [-0.39, 0.29) is 29.7 Å². The number of nitrogens with one attached hydrogen (secondary N) is 2. The minimum absolute atomic E-state index is 0.0688. The maximum absolute atomic E-state index is 13.3. The second kappa shape index (κ2) is 7.56. The highest BCUT2D eigenvalue weighted by atomic mass is 19.1. The van der Waals surface area contributed by atoms with Gasteiger partial charge in [0.15, 0.2) is 0 Å². The molecule has 0 bridgehead atoms. The van der Waals surface area contributed by atoms with Crippen LogP contribution in [0.3, 0.4) is 0 Å². The third kappa shape index (κ3) is 4.14. The van der Waals surface area contributed by atoms with Gasteiger partial charge in [0.1, 0.15) is 11.2 Å². The van der Waals surface area contributed by atoms with E-state index >= 15 is 0 Å². The number of nitrogens with zero attached hydrogens (tertiary/aromatic N) is 1. The van der Waals surface area contributed by atoms with Crippen molar-refractivity contribution in [3.8, 4) is 0 Å². The van der Waals surface area contributed by atoms with Crippen molar-refractivity contribution in [1.29, 1.82) is 0 Å². The molecule has 2 N–H and O–H groups in total. The second-order valence-electron chi connectivity index (χ2n) is 7.76. The van der Waals surface area contributed by atoms with E-state index in [0.717, 1.165) is 31.5 Å². The lowest BCUT2D eigenvalue weighted by Crippen LogP contribution is -2.48. The SMILES string of the molecule is O=C(NC[C@@H](c1ccc(F)cc1)N1CCOCC1)C1(C(=O)NC2CC2)CC1. The van der Waals surface area contributed by atoms with Crippen LogP contribution < -0.4 is 10.6 Å². The topological polar surface area (TPSA) is 70.7 Å². The Bertz CT molecular complexity index is 695. The first-order valence-electron chi connectivity index (χ1n) is 9.75. The molecule has 0 radical (unpaired) electrons. The molecule has 1 aliphatic heterocycles. The molecule has 0 spiro atoms. The average Bonchev–Trinajstić information content (AvgIpc) is 3.59. The number of morpholine rings is 1. The minimum atomic E-state index is -0.888. The van der Waals surface area contributed by atoms with Crippen LogP contribution in [0.15, 0.2) is 24.3 Å². The van der Waals surface area contributed by atoms with Gasteiger partial charge in [0.2, 0.25) is 11.8 Å². The smallest absolute Gasteiger partial charge is 0.235 e. The van der Waals surface area contributed by atoms with Crippen LogP contribution in [-0.4, -0.2) is 55.6 Å². The first-order chi connectivity index (χ1) is 13.1. The quantitative estimate of drug-likeness (QED) is 0.707. The average molecular weight is 375 g/mol. The van der Waals surface area contributed by atoms with Crippen molar-refractivity contribution >= 4 is 11.8 Å². The fraction of sp³-hybridized carbons (Fsp3) is 0.600. The van der Waals surface area contributed by atoms with Crippen LogP contribution in [0.5, 0.6) is 0 Å². The summed E-state index contributed by atoms with van der Waals surface area (Å²) < 4.78 is 18.7. The Morgan fingerprint density at radius 3 is 2.41 bits per heavy atom. The van der Waals surface area contributed by atoms with Crippen LogP contribution in [0.25, 0.3) is 0 Å². The molecule has 27 heavy (non-hydrogen) atoms. The van der Waals surface area contributed by atoms with Crippen LogP contribution in [-0.2, 0) is 14.3 Å². The van der Waals surface area contributed by atoms with E-state index in [1.807, 2.05) is 0 Å². The first-order valence-corrected chi connectivity index (χ1v) is 9.75. The molecule has 6 nitrogen and oxygen atoms in total. The number of hydrogen-bond donors (Lipinski definition) is 2. The molecule has 1 heterocycles. The molecule has 1 aromatic carbocycles. The van der Waals surface area contributed by atoms with Gasteiger partial charge in [0.25, 0.3) is 0 Å². The van der Waals surface area contributed by atoms with Crippen molar-refractivity contribution in [2.45, 2.75) is 37.8 Å². The van der Waals surface area contributed by atoms with Crippen LogP contribution in [0, 0.1) is 11.2 Å². The maximum Gasteiger partial charge on any atom is 0.235 e. The van der Waals surface area contributed by atoms with Gasteiger partial charge in [-0.15, -0.1) is 0 Å². The highest BCUT2D eigenvalue weighted by Crippen LogP contribution is 2.46. The highest BCUT2D eigenvalue weighted by Gasteiger charge is 2.57. The Morgan fingerprint density at radius 2 is 1.81 bits per heavy atom.